The Bertz CT molecular complexity index is 297. The molecule has 0 aromatic heterocycles. The third kappa shape index (κ3) is 2.71. The maximum Gasteiger partial charge on any atom is 0.242 e. The summed E-state index contributed by atoms with van der Waals surface area (Å²) in [5.41, 5.74) is -0.315. The van der Waals surface area contributed by atoms with Gasteiger partial charge in [-0.1, -0.05) is 19.8 Å². The van der Waals surface area contributed by atoms with Crippen LogP contribution in [0.15, 0.2) is 0 Å². The van der Waals surface area contributed by atoms with Crippen LogP contribution >= 0.6 is 0 Å². The van der Waals surface area contributed by atoms with Crippen LogP contribution in [0.2, 0.25) is 0 Å². The summed E-state index contributed by atoms with van der Waals surface area (Å²) in [5, 5.41) is 3.44. The van der Waals surface area contributed by atoms with Gasteiger partial charge in [-0.15, -0.1) is 0 Å². The lowest BCUT2D eigenvalue weighted by Gasteiger charge is -2.42. The molecular formula is C15H28N2O. The van der Waals surface area contributed by atoms with Gasteiger partial charge in [0.1, 0.15) is 0 Å². The van der Waals surface area contributed by atoms with Crippen molar-refractivity contribution in [1.82, 2.24) is 10.2 Å². The van der Waals surface area contributed by atoms with Crippen molar-refractivity contribution in [2.45, 2.75) is 70.4 Å². The summed E-state index contributed by atoms with van der Waals surface area (Å²) >= 11 is 0. The summed E-state index contributed by atoms with van der Waals surface area (Å²) in [6.07, 6.45) is 8.41. The first-order valence-electron chi connectivity index (χ1n) is 7.57. The van der Waals surface area contributed by atoms with E-state index >= 15 is 0 Å². The zero-order chi connectivity index (χ0) is 13.2. The Hall–Kier alpha value is -0.570. The van der Waals surface area contributed by atoms with Gasteiger partial charge in [0.05, 0.1) is 5.54 Å². The second-order valence-electron chi connectivity index (χ2n) is 6.46. The van der Waals surface area contributed by atoms with E-state index < -0.39 is 0 Å². The molecule has 3 heteroatoms. The number of nitrogens with zero attached hydrogens (tertiary/aromatic N) is 1. The van der Waals surface area contributed by atoms with Crippen LogP contribution in [0, 0.1) is 5.92 Å². The fourth-order valence-corrected chi connectivity index (χ4v) is 3.65. The number of carbonyl (C=O) groups excluding carboxylic acids is 1. The molecule has 0 aromatic rings. The van der Waals surface area contributed by atoms with E-state index in [1.165, 1.54) is 38.5 Å². The van der Waals surface area contributed by atoms with Crippen molar-refractivity contribution < 1.29 is 4.79 Å². The molecule has 1 heterocycles. The lowest BCUT2D eigenvalue weighted by Crippen LogP contribution is -2.59. The molecule has 0 spiro atoms. The van der Waals surface area contributed by atoms with E-state index in [9.17, 15) is 4.79 Å². The van der Waals surface area contributed by atoms with Crippen LogP contribution in [0.4, 0.5) is 0 Å². The molecule has 1 N–H and O–H groups in total. The number of nitrogens with one attached hydrogen (secondary N) is 1. The van der Waals surface area contributed by atoms with E-state index in [2.05, 4.69) is 19.2 Å². The van der Waals surface area contributed by atoms with Gasteiger partial charge in [0, 0.05) is 13.1 Å². The number of hydrogen-bond donors (Lipinski definition) is 1. The summed E-state index contributed by atoms with van der Waals surface area (Å²) < 4.78 is 0. The van der Waals surface area contributed by atoms with Crippen LogP contribution in [0.1, 0.15) is 58.8 Å². The number of rotatable bonds is 2. The predicted octanol–water partition coefficient (Wildman–Crippen LogP) is 2.56. The summed E-state index contributed by atoms with van der Waals surface area (Å²) in [6, 6.07) is 0.451. The van der Waals surface area contributed by atoms with E-state index in [0.29, 0.717) is 17.9 Å². The Morgan fingerprint density at radius 2 is 1.94 bits per heavy atom. The van der Waals surface area contributed by atoms with E-state index in [4.69, 9.17) is 0 Å². The van der Waals surface area contributed by atoms with Crippen LogP contribution in [-0.2, 0) is 4.79 Å². The van der Waals surface area contributed by atoms with Gasteiger partial charge in [-0.25, -0.2) is 0 Å². The third-order valence-electron chi connectivity index (χ3n) is 4.97. The van der Waals surface area contributed by atoms with Crippen molar-refractivity contribution >= 4 is 5.91 Å². The van der Waals surface area contributed by atoms with E-state index in [1.54, 1.807) is 0 Å². The van der Waals surface area contributed by atoms with Crippen LogP contribution in [0.3, 0.4) is 0 Å². The smallest absolute Gasteiger partial charge is 0.242 e. The second kappa shape index (κ2) is 5.60. The first-order valence-corrected chi connectivity index (χ1v) is 7.57. The summed E-state index contributed by atoms with van der Waals surface area (Å²) in [7, 11) is 2.01. The minimum absolute atomic E-state index is 0.306. The molecule has 2 rings (SSSR count). The van der Waals surface area contributed by atoms with Gasteiger partial charge in [0.2, 0.25) is 5.91 Å². The number of amides is 1. The lowest BCUT2D eigenvalue weighted by atomic mass is 9.83. The quantitative estimate of drug-likeness (QED) is 0.819. The number of hydrogen-bond acceptors (Lipinski definition) is 2. The average molecular weight is 252 g/mol. The Morgan fingerprint density at radius 1 is 1.22 bits per heavy atom. The Labute approximate surface area is 111 Å². The maximum absolute atomic E-state index is 12.7. The zero-order valence-electron chi connectivity index (χ0n) is 12.2. The molecule has 0 bridgehead atoms. The fourth-order valence-electron chi connectivity index (χ4n) is 3.65. The number of piperidine rings is 1. The van der Waals surface area contributed by atoms with Gasteiger partial charge in [0.15, 0.2) is 0 Å². The molecule has 1 saturated heterocycles. The molecule has 3 atom stereocenters. The van der Waals surface area contributed by atoms with Crippen LogP contribution in [-0.4, -0.2) is 36.0 Å². The molecule has 0 aromatic carbocycles. The van der Waals surface area contributed by atoms with Gasteiger partial charge >= 0.3 is 0 Å². The van der Waals surface area contributed by atoms with E-state index in [1.807, 2.05) is 11.9 Å². The number of likely N-dealkylation sites (N-methyl/N-ethyl adjacent to an activating group) is 1. The fraction of sp³-hybridized carbons (Fsp3) is 0.933. The van der Waals surface area contributed by atoms with Crippen LogP contribution in [0.5, 0.6) is 0 Å². The maximum atomic E-state index is 12.7. The van der Waals surface area contributed by atoms with Crippen molar-refractivity contribution in [3.05, 3.63) is 0 Å². The first kappa shape index (κ1) is 13.9. The molecule has 1 aliphatic heterocycles. The van der Waals surface area contributed by atoms with Gasteiger partial charge in [-0.2, -0.15) is 0 Å². The van der Waals surface area contributed by atoms with Crippen molar-refractivity contribution in [3.8, 4) is 0 Å². The standard InChI is InChI=1S/C15H28N2O/c1-12-8-4-5-9-13(12)17(3)14(18)15(2)10-6-7-11-16-15/h12-13,16H,4-11H2,1-3H3. The number of carbonyl (C=O) groups is 1. The Morgan fingerprint density at radius 3 is 2.56 bits per heavy atom. The Kier molecular flexibility index (Phi) is 4.31. The summed E-state index contributed by atoms with van der Waals surface area (Å²) in [5.74, 6) is 0.959. The lowest BCUT2D eigenvalue weighted by molar-refractivity contribution is -0.141. The molecule has 3 nitrogen and oxygen atoms in total. The van der Waals surface area contributed by atoms with Gasteiger partial charge in [0.25, 0.3) is 0 Å². The minimum Gasteiger partial charge on any atom is -0.341 e. The molecule has 1 saturated carbocycles. The molecule has 2 aliphatic rings. The van der Waals surface area contributed by atoms with Crippen molar-refractivity contribution in [1.29, 1.82) is 0 Å². The van der Waals surface area contributed by atoms with Gasteiger partial charge < -0.3 is 10.2 Å². The van der Waals surface area contributed by atoms with Crippen molar-refractivity contribution in [3.63, 3.8) is 0 Å². The molecule has 3 unspecified atom stereocenters. The third-order valence-corrected chi connectivity index (χ3v) is 4.97. The second-order valence-corrected chi connectivity index (χ2v) is 6.46. The van der Waals surface area contributed by atoms with Crippen molar-refractivity contribution in [2.75, 3.05) is 13.6 Å². The molecule has 104 valence electrons. The molecule has 0 radical (unpaired) electrons. The van der Waals surface area contributed by atoms with E-state index in [0.717, 1.165) is 13.0 Å². The molecular weight excluding hydrogens is 224 g/mol. The normalized spacial score (nSPS) is 37.3. The molecule has 1 amide bonds. The monoisotopic (exact) mass is 252 g/mol. The SMILES string of the molecule is CC1CCCCC1N(C)C(=O)C1(C)CCCCN1. The molecule has 18 heavy (non-hydrogen) atoms. The Balaban J connectivity index is 2.02. The summed E-state index contributed by atoms with van der Waals surface area (Å²) in [4.78, 5) is 14.8. The first-order chi connectivity index (χ1) is 8.54. The zero-order valence-corrected chi connectivity index (χ0v) is 12.2. The highest BCUT2D eigenvalue weighted by Gasteiger charge is 2.39. The van der Waals surface area contributed by atoms with Crippen molar-refractivity contribution in [2.24, 2.45) is 5.92 Å². The minimum atomic E-state index is -0.315. The van der Waals surface area contributed by atoms with Gasteiger partial charge in [-0.3, -0.25) is 4.79 Å². The molecule has 1 aliphatic carbocycles. The predicted molar refractivity (Wildman–Crippen MR) is 74.4 cm³/mol. The average Bonchev–Trinajstić information content (AvgIpc) is 2.38. The topological polar surface area (TPSA) is 32.3 Å². The van der Waals surface area contributed by atoms with Crippen LogP contribution in [0.25, 0.3) is 0 Å². The molecule has 2 fully saturated rings. The highest BCUT2D eigenvalue weighted by Crippen LogP contribution is 2.30. The van der Waals surface area contributed by atoms with E-state index in [-0.39, 0.29) is 5.54 Å². The summed E-state index contributed by atoms with van der Waals surface area (Å²) in [6.45, 7) is 5.36. The highest BCUT2D eigenvalue weighted by atomic mass is 16.2. The largest absolute Gasteiger partial charge is 0.341 e. The van der Waals surface area contributed by atoms with Gasteiger partial charge in [-0.05, 0) is 51.5 Å². The van der Waals surface area contributed by atoms with Crippen LogP contribution < -0.4 is 5.32 Å². The highest BCUT2D eigenvalue weighted by molar-refractivity contribution is 5.86.